The van der Waals surface area contributed by atoms with E-state index in [1.807, 2.05) is 0 Å². The molecule has 116 valence electrons. The Labute approximate surface area is 145 Å². The van der Waals surface area contributed by atoms with Gasteiger partial charge in [0.15, 0.2) is 15.0 Å². The number of rotatable bonds is 3. The number of allylic oxidation sites excluding steroid dienone is 1. The number of nitriles is 1. The molecule has 0 spiro atoms. The van der Waals surface area contributed by atoms with E-state index in [2.05, 4.69) is 4.98 Å². The monoisotopic (exact) mass is 383 g/mol. The lowest BCUT2D eigenvalue weighted by Gasteiger charge is -2.03. The van der Waals surface area contributed by atoms with Crippen molar-refractivity contribution in [1.82, 2.24) is 9.38 Å². The van der Waals surface area contributed by atoms with Crippen molar-refractivity contribution in [1.29, 1.82) is 5.26 Å². The average Bonchev–Trinajstić information content (AvgIpc) is 3.06. The molecule has 0 aliphatic rings. The van der Waals surface area contributed by atoms with Gasteiger partial charge in [-0.1, -0.05) is 23.2 Å². The van der Waals surface area contributed by atoms with Gasteiger partial charge in [0.2, 0.25) is 9.84 Å². The van der Waals surface area contributed by atoms with Crippen molar-refractivity contribution in [3.05, 3.63) is 56.6 Å². The molecule has 0 N–H and O–H groups in total. The number of hydrogen-bond donors (Lipinski definition) is 0. The third kappa shape index (κ3) is 2.86. The summed E-state index contributed by atoms with van der Waals surface area (Å²) in [5.74, 6) is 0. The number of nitrogens with zero attached hydrogens (tertiary/aromatic N) is 3. The zero-order valence-corrected chi connectivity index (χ0v) is 14.4. The number of sulfone groups is 1. The molecule has 23 heavy (non-hydrogen) atoms. The van der Waals surface area contributed by atoms with Crippen LogP contribution in [0.1, 0.15) is 5.69 Å². The van der Waals surface area contributed by atoms with Gasteiger partial charge in [0.05, 0.1) is 10.6 Å². The van der Waals surface area contributed by atoms with Crippen LogP contribution in [-0.4, -0.2) is 17.8 Å². The molecule has 0 saturated carbocycles. The van der Waals surface area contributed by atoms with Crippen LogP contribution in [0, 0.1) is 11.3 Å². The maximum absolute atomic E-state index is 12.6. The normalized spacial score (nSPS) is 12.5. The number of hydrogen-bond acceptors (Lipinski definition) is 5. The highest BCUT2D eigenvalue weighted by Gasteiger charge is 2.22. The van der Waals surface area contributed by atoms with Crippen LogP contribution in [0.5, 0.6) is 0 Å². The molecule has 0 fully saturated rings. The lowest BCUT2D eigenvalue weighted by atomic mass is 10.4. The first kappa shape index (κ1) is 16.0. The van der Waals surface area contributed by atoms with Crippen molar-refractivity contribution >= 4 is 55.4 Å². The van der Waals surface area contributed by atoms with E-state index in [1.165, 1.54) is 41.7 Å². The lowest BCUT2D eigenvalue weighted by molar-refractivity contribution is 0.603. The molecule has 0 aliphatic heterocycles. The highest BCUT2D eigenvalue weighted by Crippen LogP contribution is 2.27. The summed E-state index contributed by atoms with van der Waals surface area (Å²) in [6.45, 7) is 0. The van der Waals surface area contributed by atoms with E-state index in [1.54, 1.807) is 22.0 Å². The zero-order valence-electron chi connectivity index (χ0n) is 11.3. The van der Waals surface area contributed by atoms with Gasteiger partial charge in [-0.25, -0.2) is 13.4 Å². The third-order valence-corrected chi connectivity index (χ3v) is 6.01. The second-order valence-corrected chi connectivity index (χ2v) is 8.01. The van der Waals surface area contributed by atoms with Crippen molar-refractivity contribution in [3.8, 4) is 6.07 Å². The van der Waals surface area contributed by atoms with Gasteiger partial charge in [0.1, 0.15) is 6.07 Å². The summed E-state index contributed by atoms with van der Waals surface area (Å²) >= 11 is 13.2. The quantitative estimate of drug-likeness (QED) is 0.639. The van der Waals surface area contributed by atoms with Crippen LogP contribution in [-0.2, 0) is 9.84 Å². The van der Waals surface area contributed by atoms with Crippen LogP contribution in [0.3, 0.4) is 0 Å². The van der Waals surface area contributed by atoms with Gasteiger partial charge in [-0.3, -0.25) is 4.40 Å². The summed E-state index contributed by atoms with van der Waals surface area (Å²) in [6.07, 6.45) is 2.92. The summed E-state index contributed by atoms with van der Waals surface area (Å²) in [4.78, 5) is 4.28. The Morgan fingerprint density at radius 3 is 2.65 bits per heavy atom. The third-order valence-electron chi connectivity index (χ3n) is 3.05. The van der Waals surface area contributed by atoms with E-state index in [0.29, 0.717) is 15.7 Å². The predicted molar refractivity (Wildman–Crippen MR) is 90.3 cm³/mol. The molecule has 3 aromatic rings. The molecule has 3 rings (SSSR count). The van der Waals surface area contributed by atoms with E-state index in [9.17, 15) is 13.7 Å². The van der Waals surface area contributed by atoms with Gasteiger partial charge < -0.3 is 0 Å². The number of benzene rings is 1. The average molecular weight is 384 g/mol. The van der Waals surface area contributed by atoms with Crippen LogP contribution in [0.15, 0.2) is 45.6 Å². The largest absolute Gasteiger partial charge is 0.289 e. The SMILES string of the molecule is N#C/C(=C\c1c(Cl)nc2sccn12)S(=O)(=O)c1ccc(Cl)cc1. The minimum atomic E-state index is -3.97. The second kappa shape index (κ2) is 5.98. The summed E-state index contributed by atoms with van der Waals surface area (Å²) in [6, 6.07) is 7.32. The fourth-order valence-electron chi connectivity index (χ4n) is 1.94. The fourth-order valence-corrected chi connectivity index (χ4v) is 4.20. The first-order chi connectivity index (χ1) is 10.9. The van der Waals surface area contributed by atoms with E-state index < -0.39 is 14.7 Å². The maximum Gasteiger partial charge on any atom is 0.216 e. The zero-order chi connectivity index (χ0) is 16.6. The van der Waals surface area contributed by atoms with Crippen LogP contribution in [0.4, 0.5) is 0 Å². The van der Waals surface area contributed by atoms with Gasteiger partial charge in [0, 0.05) is 16.6 Å². The number of aromatic nitrogens is 2. The molecule has 0 unspecified atom stereocenters. The highest BCUT2D eigenvalue weighted by atomic mass is 35.5. The van der Waals surface area contributed by atoms with Crippen molar-refractivity contribution in [2.24, 2.45) is 0 Å². The molecule has 0 atom stereocenters. The standard InChI is InChI=1S/C14H7Cl2N3O2S2/c15-9-1-3-10(4-2-9)23(20,21)11(8-17)7-12-13(16)18-14-19(12)5-6-22-14/h1-7H/b11-7+. The summed E-state index contributed by atoms with van der Waals surface area (Å²) < 4.78 is 26.8. The van der Waals surface area contributed by atoms with Crippen LogP contribution in [0.25, 0.3) is 11.0 Å². The molecule has 0 aliphatic carbocycles. The van der Waals surface area contributed by atoms with Gasteiger partial charge in [0.25, 0.3) is 0 Å². The van der Waals surface area contributed by atoms with Gasteiger partial charge in [-0.2, -0.15) is 5.26 Å². The van der Waals surface area contributed by atoms with Gasteiger partial charge in [-0.15, -0.1) is 11.3 Å². The molecule has 0 saturated heterocycles. The first-order valence-corrected chi connectivity index (χ1v) is 9.29. The van der Waals surface area contributed by atoms with Crippen LogP contribution < -0.4 is 0 Å². The first-order valence-electron chi connectivity index (χ1n) is 6.17. The number of fused-ring (bicyclic) bond motifs is 1. The summed E-state index contributed by atoms with van der Waals surface area (Å²) in [5.41, 5.74) is 0.344. The molecule has 9 heteroatoms. The minimum absolute atomic E-state index is 0.0168. The fraction of sp³-hybridized carbons (Fsp3) is 0. The van der Waals surface area contributed by atoms with Crippen molar-refractivity contribution in [2.45, 2.75) is 4.90 Å². The topological polar surface area (TPSA) is 75.2 Å². The Balaban J connectivity index is 2.16. The maximum atomic E-state index is 12.6. The van der Waals surface area contributed by atoms with Crippen molar-refractivity contribution < 1.29 is 8.42 Å². The van der Waals surface area contributed by atoms with E-state index in [4.69, 9.17) is 23.2 Å². The van der Waals surface area contributed by atoms with E-state index in [0.717, 1.165) is 0 Å². The van der Waals surface area contributed by atoms with E-state index >= 15 is 0 Å². The van der Waals surface area contributed by atoms with Crippen molar-refractivity contribution in [2.75, 3.05) is 0 Å². The Kier molecular flexibility index (Phi) is 4.17. The Morgan fingerprint density at radius 1 is 1.30 bits per heavy atom. The molecular weight excluding hydrogens is 377 g/mol. The second-order valence-electron chi connectivity index (χ2n) is 4.42. The van der Waals surface area contributed by atoms with Gasteiger partial charge >= 0.3 is 0 Å². The van der Waals surface area contributed by atoms with E-state index in [-0.39, 0.29) is 10.0 Å². The molecule has 0 radical (unpaired) electrons. The molecule has 0 amide bonds. The summed E-state index contributed by atoms with van der Waals surface area (Å²) in [5, 5.41) is 11.6. The molecular formula is C14H7Cl2N3O2S2. The summed E-state index contributed by atoms with van der Waals surface area (Å²) in [7, 11) is -3.97. The smallest absolute Gasteiger partial charge is 0.216 e. The Bertz CT molecular complexity index is 1060. The Hall–Kier alpha value is -1.85. The van der Waals surface area contributed by atoms with Crippen molar-refractivity contribution in [3.63, 3.8) is 0 Å². The number of thiazole rings is 1. The lowest BCUT2D eigenvalue weighted by Crippen LogP contribution is -2.03. The molecule has 2 heterocycles. The Morgan fingerprint density at radius 2 is 2.00 bits per heavy atom. The van der Waals surface area contributed by atoms with Crippen LogP contribution >= 0.6 is 34.5 Å². The molecule has 0 bridgehead atoms. The van der Waals surface area contributed by atoms with Crippen LogP contribution in [0.2, 0.25) is 10.2 Å². The number of halogens is 2. The molecule has 2 aromatic heterocycles. The molecule has 1 aromatic carbocycles. The molecule has 5 nitrogen and oxygen atoms in total. The van der Waals surface area contributed by atoms with Gasteiger partial charge in [-0.05, 0) is 30.3 Å². The highest BCUT2D eigenvalue weighted by molar-refractivity contribution is 7.95. The minimum Gasteiger partial charge on any atom is -0.289 e. The predicted octanol–water partition coefficient (Wildman–Crippen LogP) is 4.04. The number of imidazole rings is 1.